The Morgan fingerprint density at radius 1 is 1.26 bits per heavy atom. The third-order valence-electron chi connectivity index (χ3n) is 3.52. The number of anilines is 2. The van der Waals surface area contributed by atoms with E-state index in [0.717, 1.165) is 29.9 Å². The van der Waals surface area contributed by atoms with Crippen molar-refractivity contribution < 1.29 is 0 Å². The van der Waals surface area contributed by atoms with Crippen LogP contribution in [-0.4, -0.2) is 24.6 Å². The quantitative estimate of drug-likeness (QED) is 0.746. The second kappa shape index (κ2) is 6.37. The van der Waals surface area contributed by atoms with E-state index < -0.39 is 0 Å². The van der Waals surface area contributed by atoms with E-state index in [2.05, 4.69) is 25.4 Å². The highest BCUT2D eigenvalue weighted by atomic mass is 35.5. The predicted molar refractivity (Wildman–Crippen MR) is 90.5 cm³/mol. The molecule has 0 amide bonds. The minimum atomic E-state index is 0.472. The third kappa shape index (κ3) is 3.19. The molecule has 0 aliphatic carbocycles. The Kier molecular flexibility index (Phi) is 4.29. The van der Waals surface area contributed by atoms with Gasteiger partial charge in [0.2, 0.25) is 0 Å². The van der Waals surface area contributed by atoms with Gasteiger partial charge in [-0.3, -0.25) is 0 Å². The molecule has 0 bridgehead atoms. The normalized spacial score (nSPS) is 11.1. The molecule has 3 aromatic rings. The number of fused-ring (bicyclic) bond motifs is 1. The SMILES string of the molecule is CCc1cn2nc(NCc3cnc(CC)nc3N)cc(Cl)c2n1. The van der Waals surface area contributed by atoms with Crippen LogP contribution in [0.5, 0.6) is 0 Å². The van der Waals surface area contributed by atoms with Crippen molar-refractivity contribution in [3.05, 3.63) is 40.6 Å². The van der Waals surface area contributed by atoms with E-state index in [9.17, 15) is 0 Å². The van der Waals surface area contributed by atoms with Crippen LogP contribution in [-0.2, 0) is 19.4 Å². The lowest BCUT2D eigenvalue weighted by atomic mass is 10.3. The number of aromatic nitrogens is 5. The number of imidazole rings is 1. The number of nitrogens with zero attached hydrogens (tertiary/aromatic N) is 5. The first-order valence-corrected chi connectivity index (χ1v) is 7.87. The summed E-state index contributed by atoms with van der Waals surface area (Å²) in [7, 11) is 0. The number of nitrogens with two attached hydrogens (primary N) is 1. The predicted octanol–water partition coefficient (Wildman–Crippen LogP) is 2.49. The van der Waals surface area contributed by atoms with Crippen LogP contribution in [0.25, 0.3) is 5.65 Å². The average molecular weight is 332 g/mol. The fourth-order valence-electron chi connectivity index (χ4n) is 2.19. The van der Waals surface area contributed by atoms with E-state index in [0.29, 0.717) is 28.9 Å². The molecule has 23 heavy (non-hydrogen) atoms. The van der Waals surface area contributed by atoms with Crippen LogP contribution in [0.4, 0.5) is 11.6 Å². The molecule has 3 heterocycles. The Morgan fingerprint density at radius 2 is 2.09 bits per heavy atom. The molecule has 3 aromatic heterocycles. The smallest absolute Gasteiger partial charge is 0.172 e. The van der Waals surface area contributed by atoms with Gasteiger partial charge in [-0.15, -0.1) is 5.10 Å². The summed E-state index contributed by atoms with van der Waals surface area (Å²) in [5.41, 5.74) is 8.37. The Morgan fingerprint density at radius 3 is 2.78 bits per heavy atom. The topological polar surface area (TPSA) is 94.0 Å². The summed E-state index contributed by atoms with van der Waals surface area (Å²) in [6, 6.07) is 1.75. The Labute approximate surface area is 138 Å². The van der Waals surface area contributed by atoms with Gasteiger partial charge < -0.3 is 11.1 Å². The number of hydrogen-bond donors (Lipinski definition) is 2. The average Bonchev–Trinajstić information content (AvgIpc) is 2.97. The summed E-state index contributed by atoms with van der Waals surface area (Å²) < 4.78 is 1.68. The lowest BCUT2D eigenvalue weighted by Crippen LogP contribution is -2.09. The molecule has 3 N–H and O–H groups in total. The second-order valence-electron chi connectivity index (χ2n) is 5.14. The third-order valence-corrected chi connectivity index (χ3v) is 3.79. The zero-order valence-electron chi connectivity index (χ0n) is 13.0. The van der Waals surface area contributed by atoms with Crippen molar-refractivity contribution in [1.82, 2.24) is 24.6 Å². The molecule has 0 aliphatic rings. The summed E-state index contributed by atoms with van der Waals surface area (Å²) in [6.45, 7) is 4.50. The Balaban J connectivity index is 1.81. The molecule has 0 aliphatic heterocycles. The van der Waals surface area contributed by atoms with Gasteiger partial charge in [0.1, 0.15) is 17.5 Å². The van der Waals surface area contributed by atoms with Crippen LogP contribution in [0.3, 0.4) is 0 Å². The molecule has 0 spiro atoms. The molecule has 0 atom stereocenters. The number of aryl methyl sites for hydroxylation is 2. The monoisotopic (exact) mass is 331 g/mol. The number of nitrogens with one attached hydrogen (secondary N) is 1. The van der Waals surface area contributed by atoms with E-state index in [1.165, 1.54) is 0 Å². The molecule has 0 fully saturated rings. The number of rotatable bonds is 5. The molecule has 0 aromatic carbocycles. The Hall–Kier alpha value is -2.41. The molecule has 0 radical (unpaired) electrons. The van der Waals surface area contributed by atoms with Crippen molar-refractivity contribution in [2.45, 2.75) is 33.2 Å². The van der Waals surface area contributed by atoms with Crippen molar-refractivity contribution in [3.8, 4) is 0 Å². The van der Waals surface area contributed by atoms with Gasteiger partial charge in [-0.1, -0.05) is 25.4 Å². The van der Waals surface area contributed by atoms with Crippen molar-refractivity contribution in [3.63, 3.8) is 0 Å². The van der Waals surface area contributed by atoms with Crippen LogP contribution in [0.1, 0.15) is 30.9 Å². The Bertz CT molecular complexity index is 843. The molecule has 0 saturated heterocycles. The van der Waals surface area contributed by atoms with Gasteiger partial charge >= 0.3 is 0 Å². The minimum absolute atomic E-state index is 0.472. The van der Waals surface area contributed by atoms with Crippen molar-refractivity contribution >= 4 is 28.9 Å². The van der Waals surface area contributed by atoms with Crippen molar-refractivity contribution in [2.24, 2.45) is 0 Å². The van der Waals surface area contributed by atoms with Gasteiger partial charge in [0.25, 0.3) is 0 Å². The molecule has 7 nitrogen and oxygen atoms in total. The highest BCUT2D eigenvalue weighted by Crippen LogP contribution is 2.20. The number of nitrogen functional groups attached to an aromatic ring is 1. The first kappa shape index (κ1) is 15.5. The zero-order valence-corrected chi connectivity index (χ0v) is 13.8. The highest BCUT2D eigenvalue weighted by molar-refractivity contribution is 6.33. The van der Waals surface area contributed by atoms with Crippen LogP contribution in [0, 0.1) is 0 Å². The molecular formula is C15H18ClN7. The first-order valence-electron chi connectivity index (χ1n) is 7.49. The van der Waals surface area contributed by atoms with E-state index in [4.69, 9.17) is 17.3 Å². The fraction of sp³-hybridized carbons (Fsp3) is 0.333. The van der Waals surface area contributed by atoms with E-state index in [-0.39, 0.29) is 0 Å². The molecular weight excluding hydrogens is 314 g/mol. The molecule has 8 heteroatoms. The van der Waals surface area contributed by atoms with Crippen molar-refractivity contribution in [2.75, 3.05) is 11.1 Å². The second-order valence-corrected chi connectivity index (χ2v) is 5.54. The summed E-state index contributed by atoms with van der Waals surface area (Å²) >= 11 is 6.27. The highest BCUT2D eigenvalue weighted by Gasteiger charge is 2.09. The van der Waals surface area contributed by atoms with Gasteiger partial charge in [0.05, 0.1) is 16.9 Å². The van der Waals surface area contributed by atoms with Crippen molar-refractivity contribution in [1.29, 1.82) is 0 Å². The zero-order chi connectivity index (χ0) is 16.4. The summed E-state index contributed by atoms with van der Waals surface area (Å²) in [5.74, 6) is 1.85. The van der Waals surface area contributed by atoms with Crippen LogP contribution in [0.2, 0.25) is 5.02 Å². The molecule has 120 valence electrons. The number of halogens is 1. The summed E-state index contributed by atoms with van der Waals surface area (Å²) in [4.78, 5) is 12.9. The van der Waals surface area contributed by atoms with E-state index >= 15 is 0 Å². The minimum Gasteiger partial charge on any atom is -0.383 e. The van der Waals surface area contributed by atoms with Crippen LogP contribution < -0.4 is 11.1 Å². The maximum Gasteiger partial charge on any atom is 0.172 e. The standard InChI is InChI=1S/C15H18ClN7/c1-3-10-8-23-15(20-10)11(16)5-13(22-23)19-7-9-6-18-12(4-2)21-14(9)17/h5-6,8H,3-4,7H2,1-2H3,(H,19,22)(H2,17,18,21). The van der Waals surface area contributed by atoms with Gasteiger partial charge in [-0.25, -0.2) is 19.5 Å². The van der Waals surface area contributed by atoms with E-state index in [1.54, 1.807) is 16.8 Å². The maximum absolute atomic E-state index is 6.27. The van der Waals surface area contributed by atoms with Gasteiger partial charge in [0, 0.05) is 30.8 Å². The lowest BCUT2D eigenvalue weighted by molar-refractivity contribution is 0.904. The van der Waals surface area contributed by atoms with E-state index in [1.807, 2.05) is 20.0 Å². The fourth-order valence-corrected chi connectivity index (χ4v) is 2.43. The largest absolute Gasteiger partial charge is 0.383 e. The van der Waals surface area contributed by atoms with Crippen LogP contribution >= 0.6 is 11.6 Å². The first-order chi connectivity index (χ1) is 11.1. The van der Waals surface area contributed by atoms with Gasteiger partial charge in [-0.05, 0) is 6.42 Å². The summed E-state index contributed by atoms with van der Waals surface area (Å²) in [5, 5.41) is 8.20. The maximum atomic E-state index is 6.27. The van der Waals surface area contributed by atoms with Gasteiger partial charge in [0.15, 0.2) is 5.65 Å². The summed E-state index contributed by atoms with van der Waals surface area (Å²) in [6.07, 6.45) is 5.20. The number of hydrogen-bond acceptors (Lipinski definition) is 6. The molecule has 0 unspecified atom stereocenters. The van der Waals surface area contributed by atoms with Gasteiger partial charge in [-0.2, -0.15) is 0 Å². The lowest BCUT2D eigenvalue weighted by Gasteiger charge is -2.09. The molecule has 0 saturated carbocycles. The van der Waals surface area contributed by atoms with Crippen LogP contribution in [0.15, 0.2) is 18.5 Å². The molecule has 3 rings (SSSR count).